The smallest absolute Gasteiger partial charge is 0.224 e. The largest absolute Gasteiger partial charge is 0.368 e. The van der Waals surface area contributed by atoms with Crippen LogP contribution in [0.25, 0.3) is 0 Å². The Morgan fingerprint density at radius 3 is 2.93 bits per heavy atom. The Morgan fingerprint density at radius 1 is 1.60 bits per heavy atom. The van der Waals surface area contributed by atoms with Crippen molar-refractivity contribution in [3.63, 3.8) is 0 Å². The highest BCUT2D eigenvalue weighted by atomic mass is 79.9. The quantitative estimate of drug-likeness (QED) is 0.850. The van der Waals surface area contributed by atoms with Gasteiger partial charge >= 0.3 is 0 Å². The fourth-order valence-corrected chi connectivity index (χ4v) is 1.65. The van der Waals surface area contributed by atoms with E-state index in [-0.39, 0.29) is 0 Å². The highest BCUT2D eigenvalue weighted by molar-refractivity contribution is 9.10. The van der Waals surface area contributed by atoms with Crippen LogP contribution in [0.3, 0.4) is 0 Å². The first-order valence-electron chi connectivity index (χ1n) is 4.37. The van der Waals surface area contributed by atoms with Gasteiger partial charge in [-0.3, -0.25) is 4.21 Å². The molecule has 0 aliphatic rings. The maximum Gasteiger partial charge on any atom is 0.224 e. The molecule has 0 saturated heterocycles. The Bertz CT molecular complexity index is 360. The molecule has 5 nitrogen and oxygen atoms in total. The van der Waals surface area contributed by atoms with Gasteiger partial charge in [0.25, 0.3) is 0 Å². The minimum Gasteiger partial charge on any atom is -0.368 e. The summed E-state index contributed by atoms with van der Waals surface area (Å²) >= 11 is 3.34. The third kappa shape index (κ3) is 4.13. The fourth-order valence-electron chi connectivity index (χ4n) is 0.925. The van der Waals surface area contributed by atoms with Gasteiger partial charge in [0.2, 0.25) is 5.95 Å². The van der Waals surface area contributed by atoms with Crippen molar-refractivity contribution in [1.82, 2.24) is 9.97 Å². The van der Waals surface area contributed by atoms with Gasteiger partial charge < -0.3 is 10.6 Å². The first-order chi connectivity index (χ1) is 7.13. The average molecular weight is 293 g/mol. The van der Waals surface area contributed by atoms with E-state index in [2.05, 4.69) is 36.5 Å². The van der Waals surface area contributed by atoms with Crippen LogP contribution in [0, 0.1) is 0 Å². The SMILES string of the molecule is CNc1ncc(Br)c(NCCS(C)=O)n1. The lowest BCUT2D eigenvalue weighted by Gasteiger charge is -2.07. The van der Waals surface area contributed by atoms with Gasteiger partial charge in [0, 0.05) is 42.6 Å². The van der Waals surface area contributed by atoms with Crippen LogP contribution in [-0.4, -0.2) is 39.8 Å². The maximum absolute atomic E-state index is 10.9. The molecule has 1 aromatic heterocycles. The average Bonchev–Trinajstić information content (AvgIpc) is 2.20. The lowest BCUT2D eigenvalue weighted by molar-refractivity contribution is 0.687. The number of hydrogen-bond donors (Lipinski definition) is 2. The Hall–Kier alpha value is -0.690. The molecule has 0 bridgehead atoms. The van der Waals surface area contributed by atoms with E-state index < -0.39 is 10.8 Å². The number of nitrogens with zero attached hydrogens (tertiary/aromatic N) is 2. The highest BCUT2D eigenvalue weighted by Gasteiger charge is 2.03. The van der Waals surface area contributed by atoms with E-state index in [1.807, 2.05) is 0 Å². The normalized spacial score (nSPS) is 12.2. The third-order valence-corrected chi connectivity index (χ3v) is 3.01. The van der Waals surface area contributed by atoms with Crippen LogP contribution in [0.4, 0.5) is 11.8 Å². The van der Waals surface area contributed by atoms with Crippen LogP contribution in [0.5, 0.6) is 0 Å². The minimum absolute atomic E-state index is 0.554. The van der Waals surface area contributed by atoms with E-state index in [0.717, 1.165) is 4.47 Å². The number of aromatic nitrogens is 2. The van der Waals surface area contributed by atoms with Crippen molar-refractivity contribution >= 4 is 38.5 Å². The summed E-state index contributed by atoms with van der Waals surface area (Å²) in [5.74, 6) is 1.86. The van der Waals surface area contributed by atoms with Crippen molar-refractivity contribution in [2.24, 2.45) is 0 Å². The van der Waals surface area contributed by atoms with Crippen molar-refractivity contribution in [3.8, 4) is 0 Å². The highest BCUT2D eigenvalue weighted by Crippen LogP contribution is 2.19. The minimum atomic E-state index is -0.790. The molecule has 1 unspecified atom stereocenters. The topological polar surface area (TPSA) is 66.9 Å². The first kappa shape index (κ1) is 12.4. The van der Waals surface area contributed by atoms with Crippen LogP contribution in [0.2, 0.25) is 0 Å². The number of nitrogens with one attached hydrogen (secondary N) is 2. The van der Waals surface area contributed by atoms with Gasteiger partial charge in [0.05, 0.1) is 4.47 Å². The molecule has 0 fully saturated rings. The molecular formula is C8H13BrN4OS. The molecule has 1 rings (SSSR count). The standard InChI is InChI=1S/C8H13BrN4OS/c1-10-8-12-5-6(9)7(13-8)11-3-4-15(2)14/h5H,3-4H2,1-2H3,(H2,10,11,12,13). The van der Waals surface area contributed by atoms with Crippen LogP contribution >= 0.6 is 15.9 Å². The molecule has 0 saturated carbocycles. The van der Waals surface area contributed by atoms with Crippen molar-refractivity contribution in [3.05, 3.63) is 10.7 Å². The Morgan fingerprint density at radius 2 is 2.33 bits per heavy atom. The summed E-state index contributed by atoms with van der Waals surface area (Å²) in [6.45, 7) is 0.627. The van der Waals surface area contributed by atoms with E-state index in [0.29, 0.717) is 24.1 Å². The van der Waals surface area contributed by atoms with E-state index in [9.17, 15) is 4.21 Å². The molecule has 0 aromatic carbocycles. The lowest BCUT2D eigenvalue weighted by Crippen LogP contribution is -2.12. The van der Waals surface area contributed by atoms with Crippen molar-refractivity contribution < 1.29 is 4.21 Å². The molecule has 0 aliphatic heterocycles. The summed E-state index contributed by atoms with van der Waals surface area (Å²) in [4.78, 5) is 8.24. The van der Waals surface area contributed by atoms with Gasteiger partial charge in [-0.25, -0.2) is 4.98 Å². The third-order valence-electron chi connectivity index (χ3n) is 1.65. The maximum atomic E-state index is 10.9. The molecule has 7 heteroatoms. The molecule has 1 heterocycles. The predicted molar refractivity (Wildman–Crippen MR) is 66.7 cm³/mol. The second-order valence-corrected chi connectivity index (χ2v) is 5.25. The molecule has 2 N–H and O–H groups in total. The van der Waals surface area contributed by atoms with Gasteiger partial charge in [-0.05, 0) is 15.9 Å². The second-order valence-electron chi connectivity index (χ2n) is 2.84. The van der Waals surface area contributed by atoms with Crippen LogP contribution < -0.4 is 10.6 Å². The molecule has 1 atom stereocenters. The lowest BCUT2D eigenvalue weighted by atomic mass is 10.5. The summed E-state index contributed by atoms with van der Waals surface area (Å²) < 4.78 is 11.7. The number of halogens is 1. The van der Waals surface area contributed by atoms with Gasteiger partial charge in [-0.2, -0.15) is 4.98 Å². The molecule has 0 amide bonds. The predicted octanol–water partition coefficient (Wildman–Crippen LogP) is 1.07. The van der Waals surface area contributed by atoms with Crippen molar-refractivity contribution in [1.29, 1.82) is 0 Å². The van der Waals surface area contributed by atoms with E-state index in [4.69, 9.17) is 0 Å². The molecule has 0 spiro atoms. The van der Waals surface area contributed by atoms with E-state index >= 15 is 0 Å². The molecule has 0 aliphatic carbocycles. The van der Waals surface area contributed by atoms with Crippen molar-refractivity contribution in [2.75, 3.05) is 36.2 Å². The van der Waals surface area contributed by atoms with Gasteiger partial charge in [0.15, 0.2) is 0 Å². The summed E-state index contributed by atoms with van der Waals surface area (Å²) in [6, 6.07) is 0. The molecule has 15 heavy (non-hydrogen) atoms. The second kappa shape index (κ2) is 6.02. The zero-order valence-corrected chi connectivity index (χ0v) is 11.0. The first-order valence-corrected chi connectivity index (χ1v) is 6.89. The van der Waals surface area contributed by atoms with Crippen molar-refractivity contribution in [2.45, 2.75) is 0 Å². The Balaban J connectivity index is 2.62. The summed E-state index contributed by atoms with van der Waals surface area (Å²) in [6.07, 6.45) is 3.35. The fraction of sp³-hybridized carbons (Fsp3) is 0.500. The number of anilines is 2. The molecular weight excluding hydrogens is 280 g/mol. The van der Waals surface area contributed by atoms with Gasteiger partial charge in [0.1, 0.15) is 5.82 Å². The van der Waals surface area contributed by atoms with Crippen LogP contribution in [0.15, 0.2) is 10.7 Å². The van der Waals surface area contributed by atoms with Gasteiger partial charge in [-0.1, -0.05) is 0 Å². The number of hydrogen-bond acceptors (Lipinski definition) is 5. The monoisotopic (exact) mass is 292 g/mol. The van der Waals surface area contributed by atoms with Crippen LogP contribution in [0.1, 0.15) is 0 Å². The summed E-state index contributed by atoms with van der Waals surface area (Å²) in [5.41, 5.74) is 0. The zero-order valence-electron chi connectivity index (χ0n) is 8.58. The van der Waals surface area contributed by atoms with Gasteiger partial charge in [-0.15, -0.1) is 0 Å². The molecule has 1 aromatic rings. The number of rotatable bonds is 5. The summed E-state index contributed by atoms with van der Waals surface area (Å²) in [7, 11) is 0.968. The zero-order chi connectivity index (χ0) is 11.3. The van der Waals surface area contributed by atoms with E-state index in [1.165, 1.54) is 0 Å². The molecule has 84 valence electrons. The summed E-state index contributed by atoms with van der Waals surface area (Å²) in [5, 5.41) is 5.94. The van der Waals surface area contributed by atoms with Crippen LogP contribution in [-0.2, 0) is 10.8 Å². The Kier molecular flexibility index (Phi) is 4.97. The molecule has 0 radical (unpaired) electrons. The van der Waals surface area contributed by atoms with E-state index in [1.54, 1.807) is 19.5 Å². The Labute approximate surface area is 99.7 Å².